The molecule has 0 spiro atoms. The van der Waals surface area contributed by atoms with Crippen LogP contribution in [0, 0.1) is 0 Å². The smallest absolute Gasteiger partial charge is 0.162 e. The van der Waals surface area contributed by atoms with Crippen molar-refractivity contribution in [3.8, 4) is 0 Å². The fourth-order valence-corrected chi connectivity index (χ4v) is 0.500. The average molecular weight is 138 g/mol. The molecule has 0 unspecified atom stereocenters. The highest BCUT2D eigenvalue weighted by molar-refractivity contribution is 6.04. The molecule has 0 radical (unpaired) electrons. The third kappa shape index (κ3) is 3.78. The van der Waals surface area contributed by atoms with Crippen molar-refractivity contribution >= 4 is 11.6 Å². The maximum atomic E-state index is 10.7. The number of hydrogen-bond donors (Lipinski definition) is 0. The van der Waals surface area contributed by atoms with E-state index in [1.807, 2.05) is 0 Å². The number of Topliss-reactive ketones (excluding diaryl/α,β-unsaturated/α-hetero) is 1. The monoisotopic (exact) mass is 138 g/mol. The molecule has 0 saturated carbocycles. The van der Waals surface area contributed by atoms with Crippen LogP contribution in [0.25, 0.3) is 0 Å². The standard InChI is InChI=1S/C8H10O2/c1-3-5-8(10)6-7(9)4-2/h3-4H,1-2,5-6H2. The van der Waals surface area contributed by atoms with Crippen LogP contribution in [0.2, 0.25) is 0 Å². The zero-order valence-electron chi connectivity index (χ0n) is 5.80. The summed E-state index contributed by atoms with van der Waals surface area (Å²) in [6.07, 6.45) is 2.86. The van der Waals surface area contributed by atoms with E-state index in [0.717, 1.165) is 6.08 Å². The first-order chi connectivity index (χ1) is 4.70. The second-order valence-electron chi connectivity index (χ2n) is 1.88. The van der Waals surface area contributed by atoms with E-state index in [4.69, 9.17) is 0 Å². The summed E-state index contributed by atoms with van der Waals surface area (Å²) in [6.45, 7) is 6.62. The van der Waals surface area contributed by atoms with Gasteiger partial charge in [0.15, 0.2) is 5.78 Å². The van der Waals surface area contributed by atoms with Crippen molar-refractivity contribution in [2.24, 2.45) is 0 Å². The van der Waals surface area contributed by atoms with Crippen molar-refractivity contribution in [1.82, 2.24) is 0 Å². The third-order valence-corrected chi connectivity index (χ3v) is 0.971. The molecule has 0 aromatic carbocycles. The molecule has 0 fully saturated rings. The number of carbonyl (C=O) groups excluding carboxylic acids is 2. The van der Waals surface area contributed by atoms with Gasteiger partial charge in [-0.1, -0.05) is 12.7 Å². The lowest BCUT2D eigenvalue weighted by molar-refractivity contribution is -0.124. The van der Waals surface area contributed by atoms with Crippen LogP contribution in [0.1, 0.15) is 12.8 Å². The van der Waals surface area contributed by atoms with Gasteiger partial charge in [-0.15, -0.1) is 6.58 Å². The molecule has 0 heterocycles. The second-order valence-corrected chi connectivity index (χ2v) is 1.88. The Morgan fingerprint density at radius 2 is 1.90 bits per heavy atom. The molecule has 0 N–H and O–H groups in total. The van der Waals surface area contributed by atoms with E-state index in [9.17, 15) is 9.59 Å². The molecular formula is C8H10O2. The fourth-order valence-electron chi connectivity index (χ4n) is 0.500. The highest BCUT2D eigenvalue weighted by Gasteiger charge is 2.02. The second kappa shape index (κ2) is 4.68. The van der Waals surface area contributed by atoms with Gasteiger partial charge in [-0.25, -0.2) is 0 Å². The van der Waals surface area contributed by atoms with Gasteiger partial charge in [0.2, 0.25) is 0 Å². The Bertz CT molecular complexity index is 168. The first-order valence-corrected chi connectivity index (χ1v) is 2.98. The summed E-state index contributed by atoms with van der Waals surface area (Å²) in [4.78, 5) is 21.2. The quantitative estimate of drug-likeness (QED) is 0.326. The molecule has 0 atom stereocenters. The number of hydrogen-bond acceptors (Lipinski definition) is 2. The summed E-state index contributed by atoms with van der Waals surface area (Å²) in [7, 11) is 0. The molecule has 0 bridgehead atoms. The molecule has 54 valence electrons. The molecule has 2 nitrogen and oxygen atoms in total. The zero-order chi connectivity index (χ0) is 7.98. The van der Waals surface area contributed by atoms with Crippen molar-refractivity contribution in [3.05, 3.63) is 25.3 Å². The van der Waals surface area contributed by atoms with E-state index < -0.39 is 0 Å². The van der Waals surface area contributed by atoms with Gasteiger partial charge in [0.25, 0.3) is 0 Å². The summed E-state index contributed by atoms with van der Waals surface area (Å²) < 4.78 is 0. The average Bonchev–Trinajstić information content (AvgIpc) is 1.88. The summed E-state index contributed by atoms with van der Waals surface area (Å²) in [5, 5.41) is 0. The van der Waals surface area contributed by atoms with Gasteiger partial charge in [-0.05, 0) is 6.08 Å². The maximum absolute atomic E-state index is 10.7. The summed E-state index contributed by atoms with van der Waals surface area (Å²) in [5.74, 6) is -0.341. The minimum Gasteiger partial charge on any atom is -0.299 e. The van der Waals surface area contributed by atoms with Crippen molar-refractivity contribution in [3.63, 3.8) is 0 Å². The minimum atomic E-state index is -0.230. The molecule has 10 heavy (non-hydrogen) atoms. The Morgan fingerprint density at radius 1 is 1.30 bits per heavy atom. The summed E-state index contributed by atoms with van der Waals surface area (Å²) in [6, 6.07) is 0. The Labute approximate surface area is 60.2 Å². The summed E-state index contributed by atoms with van der Waals surface area (Å²) in [5.41, 5.74) is 0. The van der Waals surface area contributed by atoms with Gasteiger partial charge in [-0.2, -0.15) is 0 Å². The van der Waals surface area contributed by atoms with Crippen LogP contribution in [-0.4, -0.2) is 11.6 Å². The van der Waals surface area contributed by atoms with Crippen LogP contribution in [0.3, 0.4) is 0 Å². The van der Waals surface area contributed by atoms with E-state index in [1.165, 1.54) is 6.08 Å². The Kier molecular flexibility index (Phi) is 4.12. The van der Waals surface area contributed by atoms with Crippen LogP contribution in [0.15, 0.2) is 25.3 Å². The van der Waals surface area contributed by atoms with Gasteiger partial charge in [0.1, 0.15) is 5.78 Å². The lowest BCUT2D eigenvalue weighted by atomic mass is 10.1. The van der Waals surface area contributed by atoms with Crippen molar-refractivity contribution in [2.75, 3.05) is 0 Å². The van der Waals surface area contributed by atoms with Gasteiger partial charge < -0.3 is 0 Å². The predicted molar refractivity (Wildman–Crippen MR) is 39.6 cm³/mol. The van der Waals surface area contributed by atoms with Gasteiger partial charge in [0, 0.05) is 6.42 Å². The van der Waals surface area contributed by atoms with E-state index in [0.29, 0.717) is 0 Å². The normalized spacial score (nSPS) is 8.40. The molecular weight excluding hydrogens is 128 g/mol. The van der Waals surface area contributed by atoms with Crippen LogP contribution in [0.5, 0.6) is 0 Å². The first-order valence-electron chi connectivity index (χ1n) is 2.98. The van der Waals surface area contributed by atoms with Crippen molar-refractivity contribution in [1.29, 1.82) is 0 Å². The highest BCUT2D eigenvalue weighted by Crippen LogP contribution is 1.91. The Balaban J connectivity index is 3.67. The third-order valence-electron chi connectivity index (χ3n) is 0.971. The maximum Gasteiger partial charge on any atom is 0.162 e. The van der Waals surface area contributed by atoms with E-state index in [1.54, 1.807) is 0 Å². The number of allylic oxidation sites excluding steroid dienone is 2. The van der Waals surface area contributed by atoms with Crippen LogP contribution in [0.4, 0.5) is 0 Å². The van der Waals surface area contributed by atoms with Gasteiger partial charge in [0.05, 0.1) is 6.42 Å². The van der Waals surface area contributed by atoms with Crippen LogP contribution < -0.4 is 0 Å². The number of ketones is 2. The van der Waals surface area contributed by atoms with Gasteiger partial charge in [-0.3, -0.25) is 9.59 Å². The molecule has 0 aliphatic heterocycles. The fraction of sp³-hybridized carbons (Fsp3) is 0.250. The Hall–Kier alpha value is -1.18. The molecule has 0 aliphatic rings. The van der Waals surface area contributed by atoms with Crippen molar-refractivity contribution < 1.29 is 9.59 Å². The molecule has 0 aromatic rings. The molecule has 2 heteroatoms. The van der Waals surface area contributed by atoms with Crippen LogP contribution in [-0.2, 0) is 9.59 Å². The van der Waals surface area contributed by atoms with E-state index in [-0.39, 0.29) is 24.4 Å². The lowest BCUT2D eigenvalue weighted by Gasteiger charge is -1.89. The van der Waals surface area contributed by atoms with E-state index in [2.05, 4.69) is 13.2 Å². The first kappa shape index (κ1) is 8.82. The topological polar surface area (TPSA) is 34.1 Å². The Morgan fingerprint density at radius 3 is 2.30 bits per heavy atom. The SMILES string of the molecule is C=CCC(=O)CC(=O)C=C. The number of carbonyl (C=O) groups is 2. The number of rotatable bonds is 5. The molecule has 0 aliphatic carbocycles. The largest absolute Gasteiger partial charge is 0.299 e. The van der Waals surface area contributed by atoms with Gasteiger partial charge >= 0.3 is 0 Å². The summed E-state index contributed by atoms with van der Waals surface area (Å²) >= 11 is 0. The van der Waals surface area contributed by atoms with Crippen LogP contribution >= 0.6 is 0 Å². The molecule has 0 saturated heterocycles. The minimum absolute atomic E-state index is 0.0461. The van der Waals surface area contributed by atoms with Crippen molar-refractivity contribution in [2.45, 2.75) is 12.8 Å². The molecule has 0 amide bonds. The molecule has 0 rings (SSSR count). The predicted octanol–water partition coefficient (Wildman–Crippen LogP) is 1.28. The zero-order valence-corrected chi connectivity index (χ0v) is 5.80. The highest BCUT2D eigenvalue weighted by atomic mass is 16.1. The van der Waals surface area contributed by atoms with E-state index >= 15 is 0 Å². The molecule has 0 aromatic heterocycles. The lowest BCUT2D eigenvalue weighted by Crippen LogP contribution is -2.03.